The lowest BCUT2D eigenvalue weighted by Gasteiger charge is -2.30. The molecule has 360 valence electrons. The van der Waals surface area contributed by atoms with Gasteiger partial charge in [0, 0.05) is 12.1 Å². The molecule has 0 aliphatic heterocycles. The number of aliphatic hydroxyl groups excluding tert-OH is 5. The van der Waals surface area contributed by atoms with E-state index in [9.17, 15) is 63.9 Å². The molecule has 0 aliphatic carbocycles. The number of rotatable bonds is 30. The van der Waals surface area contributed by atoms with Crippen LogP contribution in [0.15, 0.2) is 17.1 Å². The zero-order valence-electron chi connectivity index (χ0n) is 37.0. The smallest absolute Gasteiger partial charge is 0.328 e. The van der Waals surface area contributed by atoms with Gasteiger partial charge in [-0.05, 0) is 43.9 Å². The molecule has 0 saturated carbocycles. The minimum absolute atomic E-state index is 0.0431. The molecule has 6 amide bonds. The average Bonchev–Trinajstić information content (AvgIpc) is 3.21. The molecule has 0 radical (unpaired) electrons. The van der Waals surface area contributed by atoms with E-state index in [2.05, 4.69) is 32.8 Å². The van der Waals surface area contributed by atoms with Crippen LogP contribution in [0.2, 0.25) is 0 Å². The summed E-state index contributed by atoms with van der Waals surface area (Å²) in [6.45, 7) is 11.9. The molecule has 18 N–H and O–H groups in total. The first-order valence-electron chi connectivity index (χ1n) is 20.6. The minimum atomic E-state index is -1.86. The number of hydrogen-bond donors (Lipinski definition) is 15. The highest BCUT2D eigenvalue weighted by Gasteiger charge is 2.39. The van der Waals surface area contributed by atoms with Gasteiger partial charge in [-0.2, -0.15) is 0 Å². The van der Waals surface area contributed by atoms with Gasteiger partial charge in [-0.3, -0.25) is 38.6 Å². The first-order chi connectivity index (χ1) is 29.3. The second kappa shape index (κ2) is 28.4. The van der Waals surface area contributed by atoms with Gasteiger partial charge in [-0.15, -0.1) is 0 Å². The van der Waals surface area contributed by atoms with Crippen molar-refractivity contribution in [3.8, 4) is 0 Å². The monoisotopic (exact) mass is 903 g/mol. The van der Waals surface area contributed by atoms with Crippen LogP contribution in [-0.2, 0) is 38.4 Å². The van der Waals surface area contributed by atoms with Crippen LogP contribution in [0.1, 0.15) is 74.1 Å². The minimum Gasteiger partial charge on any atom is -0.480 e. The molecule has 63 heavy (non-hydrogen) atoms. The van der Waals surface area contributed by atoms with Gasteiger partial charge in [-0.25, -0.2) is 4.79 Å². The molecular formula is C39H70N10O14. The van der Waals surface area contributed by atoms with Gasteiger partial charge in [0.15, 0.2) is 11.7 Å². The Bertz CT molecular complexity index is 1610. The van der Waals surface area contributed by atoms with Crippen molar-refractivity contribution in [1.29, 1.82) is 0 Å². The maximum absolute atomic E-state index is 14.2. The number of guanidine groups is 1. The van der Waals surface area contributed by atoms with Gasteiger partial charge in [0.25, 0.3) is 0 Å². The zero-order valence-corrected chi connectivity index (χ0v) is 37.0. The number of nitrogens with one attached hydrogen (secondary N) is 6. The SMILES string of the molecule is C=C(C(=O)[C@@H](NC(=O)[C@@H](CCCN=C(N)N)NC(=O)[C@H](CC(C)C)NC(=O)[C@@H](N)[C@H](O)C(C)C)[C@@H](C)CC)[C@H](C(=O)N[C@H](CO)C(=O)N[C@@H](CO)C(=O)N[C@@H](CO)C(=O)O)[C@H](C)O. The van der Waals surface area contributed by atoms with Crippen molar-refractivity contribution in [2.24, 2.45) is 45.9 Å². The van der Waals surface area contributed by atoms with Crippen LogP contribution < -0.4 is 49.1 Å². The van der Waals surface area contributed by atoms with Gasteiger partial charge in [-0.1, -0.05) is 54.5 Å². The Labute approximate surface area is 366 Å². The summed E-state index contributed by atoms with van der Waals surface area (Å²) in [6, 6.07) is -10.8. The molecule has 0 heterocycles. The number of aliphatic carboxylic acids is 1. The fourth-order valence-electron chi connectivity index (χ4n) is 5.94. The molecular weight excluding hydrogens is 832 g/mol. The quantitative estimate of drug-likeness (QED) is 0.0138. The molecule has 24 heteroatoms. The van der Waals surface area contributed by atoms with Crippen molar-refractivity contribution in [1.82, 2.24) is 31.9 Å². The van der Waals surface area contributed by atoms with E-state index in [1.165, 1.54) is 0 Å². The lowest BCUT2D eigenvalue weighted by atomic mass is 9.84. The summed E-state index contributed by atoms with van der Waals surface area (Å²) in [7, 11) is 0. The third-order valence-corrected chi connectivity index (χ3v) is 9.95. The third kappa shape index (κ3) is 19.3. The van der Waals surface area contributed by atoms with Crippen LogP contribution >= 0.6 is 0 Å². The highest BCUT2D eigenvalue weighted by atomic mass is 16.4. The summed E-state index contributed by atoms with van der Waals surface area (Å²) >= 11 is 0. The molecule has 0 saturated heterocycles. The second-order valence-corrected chi connectivity index (χ2v) is 16.0. The topological polar surface area (TPSA) is 421 Å². The first-order valence-corrected chi connectivity index (χ1v) is 20.6. The maximum atomic E-state index is 14.2. The van der Waals surface area contributed by atoms with E-state index >= 15 is 0 Å². The molecule has 0 aromatic heterocycles. The predicted molar refractivity (Wildman–Crippen MR) is 227 cm³/mol. The molecule has 0 fully saturated rings. The summed E-state index contributed by atoms with van der Waals surface area (Å²) in [5, 5.41) is 72.8. The largest absolute Gasteiger partial charge is 0.480 e. The zero-order chi connectivity index (χ0) is 48.9. The van der Waals surface area contributed by atoms with E-state index in [4.69, 9.17) is 22.3 Å². The van der Waals surface area contributed by atoms with Crippen molar-refractivity contribution < 1.29 is 69.0 Å². The lowest BCUT2D eigenvalue weighted by Crippen LogP contribution is -2.59. The average molecular weight is 903 g/mol. The van der Waals surface area contributed by atoms with Crippen molar-refractivity contribution >= 4 is 53.2 Å². The molecule has 0 unspecified atom stereocenters. The summed E-state index contributed by atoms with van der Waals surface area (Å²) in [5.74, 6) is -11.9. The summed E-state index contributed by atoms with van der Waals surface area (Å²) < 4.78 is 0. The molecule has 0 bridgehead atoms. The number of aliphatic hydroxyl groups is 5. The fourth-order valence-corrected chi connectivity index (χ4v) is 5.94. The van der Waals surface area contributed by atoms with Gasteiger partial charge < -0.3 is 79.7 Å². The van der Waals surface area contributed by atoms with Crippen molar-refractivity contribution in [3.63, 3.8) is 0 Å². The molecule has 0 aliphatic rings. The normalized spacial score (nSPS) is 16.6. The van der Waals surface area contributed by atoms with Crippen LogP contribution in [0.3, 0.4) is 0 Å². The number of carbonyl (C=O) groups excluding carboxylic acids is 7. The Morgan fingerprint density at radius 3 is 1.52 bits per heavy atom. The predicted octanol–water partition coefficient (Wildman–Crippen LogP) is -5.43. The van der Waals surface area contributed by atoms with Crippen molar-refractivity contribution in [2.45, 2.75) is 129 Å². The Kier molecular flexibility index (Phi) is 26.0. The van der Waals surface area contributed by atoms with Crippen LogP contribution in [-0.4, -0.2) is 165 Å². The fraction of sp³-hybridized carbons (Fsp3) is 0.718. The highest BCUT2D eigenvalue weighted by Crippen LogP contribution is 2.22. The van der Waals surface area contributed by atoms with Crippen molar-refractivity contribution in [3.05, 3.63) is 12.2 Å². The third-order valence-electron chi connectivity index (χ3n) is 9.95. The van der Waals surface area contributed by atoms with E-state index in [0.717, 1.165) is 6.92 Å². The first kappa shape index (κ1) is 57.7. The number of nitrogens with two attached hydrogens (primary N) is 3. The molecule has 0 spiro atoms. The number of aliphatic imine (C=N–C) groups is 1. The van der Waals surface area contributed by atoms with E-state index in [0.29, 0.717) is 0 Å². The number of ketones is 1. The highest BCUT2D eigenvalue weighted by molar-refractivity contribution is 6.06. The van der Waals surface area contributed by atoms with Crippen LogP contribution in [0.5, 0.6) is 0 Å². The number of hydrogen-bond acceptors (Lipinski definition) is 15. The second-order valence-electron chi connectivity index (χ2n) is 16.0. The molecule has 24 nitrogen and oxygen atoms in total. The number of carboxylic acid groups (broad SMARTS) is 1. The summed E-state index contributed by atoms with van der Waals surface area (Å²) in [5.41, 5.74) is 16.3. The molecule has 0 aromatic rings. The van der Waals surface area contributed by atoms with E-state index in [-0.39, 0.29) is 50.0 Å². The Balaban J connectivity index is 6.55. The number of carboxylic acids is 1. The number of nitrogens with zero attached hydrogens (tertiary/aromatic N) is 1. The standard InChI is InChI=1S/C39H70N10O14/c1-9-19(6)29(31(55)20(7)27(21(8)53)36(60)47-25(15-51)34(58)46-24(14-50)35(59)48-26(16-52)38(62)63)49-32(56)22(11-10-12-43-39(41)42)44-33(57)23(13-17(2)3)45-37(61)28(40)30(54)18(4)5/h17-19,21-30,50-54H,7,9-16,40H2,1-6,8H3,(H,44,57)(H,45,61)(H,46,58)(H,47,60)(H,48,59)(H,49,56)(H,62,63)(H4,41,42,43)/t19-,21-,22+,23-,24-,25+,26-,27-,28-,29-,30+/m0/s1. The Hall–Kier alpha value is -5.27. The van der Waals surface area contributed by atoms with Gasteiger partial charge in [0.1, 0.15) is 36.3 Å². The van der Waals surface area contributed by atoms with Gasteiger partial charge in [0.05, 0.1) is 44.0 Å². The van der Waals surface area contributed by atoms with E-state index in [1.807, 2.05) is 10.6 Å². The summed E-state index contributed by atoms with van der Waals surface area (Å²) in [6.07, 6.45) is -2.43. The molecule has 0 aromatic carbocycles. The van der Waals surface area contributed by atoms with E-state index < -0.39 is 139 Å². The van der Waals surface area contributed by atoms with Gasteiger partial charge in [0.2, 0.25) is 35.4 Å². The number of amides is 6. The van der Waals surface area contributed by atoms with E-state index in [1.54, 1.807) is 41.5 Å². The maximum Gasteiger partial charge on any atom is 0.328 e. The van der Waals surface area contributed by atoms with Crippen molar-refractivity contribution in [2.75, 3.05) is 26.4 Å². The van der Waals surface area contributed by atoms with Gasteiger partial charge >= 0.3 is 5.97 Å². The Morgan fingerprint density at radius 1 is 0.651 bits per heavy atom. The molecule has 11 atom stereocenters. The number of carbonyl (C=O) groups is 8. The molecule has 0 rings (SSSR count). The lowest BCUT2D eigenvalue weighted by molar-refractivity contribution is -0.143. The van der Waals surface area contributed by atoms with Crippen LogP contribution in [0.25, 0.3) is 0 Å². The van der Waals surface area contributed by atoms with Crippen LogP contribution in [0.4, 0.5) is 0 Å². The Morgan fingerprint density at radius 2 is 1.10 bits per heavy atom. The van der Waals surface area contributed by atoms with Crippen LogP contribution in [0, 0.1) is 23.7 Å². The summed E-state index contributed by atoms with van der Waals surface area (Å²) in [4.78, 5) is 109. The number of Topliss-reactive ketones (excluding diaryl/α,β-unsaturated/α-hetero) is 1.